The van der Waals surface area contributed by atoms with E-state index in [-0.39, 0.29) is 0 Å². The number of carbonyl (C=O) groups is 2. The number of ether oxygens (including phenoxy) is 1. The highest BCUT2D eigenvalue weighted by atomic mass is 16.5. The molecule has 2 amide bonds. The number of carbonyl (C=O) groups excluding carboxylic acids is 2. The van der Waals surface area contributed by atoms with Gasteiger partial charge in [0.15, 0.2) is 0 Å². The molecule has 0 spiro atoms. The summed E-state index contributed by atoms with van der Waals surface area (Å²) >= 11 is 0. The first-order chi connectivity index (χ1) is 11.4. The van der Waals surface area contributed by atoms with E-state index in [0.717, 1.165) is 5.56 Å². The predicted molar refractivity (Wildman–Crippen MR) is 95.5 cm³/mol. The Balaban J connectivity index is 2.05. The molecule has 0 radical (unpaired) electrons. The second-order valence-corrected chi connectivity index (χ2v) is 5.89. The van der Waals surface area contributed by atoms with E-state index < -0.39 is 11.8 Å². The topological polar surface area (TPSA) is 67.4 Å². The molecule has 126 valence electrons. The zero-order valence-corrected chi connectivity index (χ0v) is 14.3. The number of aryl methyl sites for hydroxylation is 1. The van der Waals surface area contributed by atoms with E-state index in [0.29, 0.717) is 23.0 Å². The number of hydrogen-bond acceptors (Lipinski definition) is 3. The molecule has 2 N–H and O–H groups in total. The third-order valence-electron chi connectivity index (χ3n) is 3.64. The fourth-order valence-electron chi connectivity index (χ4n) is 2.24. The van der Waals surface area contributed by atoms with E-state index in [1.165, 1.54) is 12.7 Å². The SMILES string of the molecule is COc1ccc(C)cc1NC(=O)C(=O)Nc1ccc(C(C)C)cc1. The first kappa shape index (κ1) is 17.5. The van der Waals surface area contributed by atoms with Crippen molar-refractivity contribution in [3.8, 4) is 5.75 Å². The minimum atomic E-state index is -0.744. The lowest BCUT2D eigenvalue weighted by molar-refractivity contribution is -0.133. The first-order valence-corrected chi connectivity index (χ1v) is 7.77. The third kappa shape index (κ3) is 4.35. The lowest BCUT2D eigenvalue weighted by atomic mass is 10.0. The molecule has 0 saturated heterocycles. The average molecular weight is 326 g/mol. The van der Waals surface area contributed by atoms with E-state index in [4.69, 9.17) is 4.74 Å². The summed E-state index contributed by atoms with van der Waals surface area (Å²) in [4.78, 5) is 24.1. The smallest absolute Gasteiger partial charge is 0.314 e. The lowest BCUT2D eigenvalue weighted by Gasteiger charge is -2.11. The van der Waals surface area contributed by atoms with Crippen molar-refractivity contribution in [2.24, 2.45) is 0 Å². The summed E-state index contributed by atoms with van der Waals surface area (Å²) in [5.74, 6) is -0.558. The van der Waals surface area contributed by atoms with Gasteiger partial charge in [0.25, 0.3) is 0 Å². The Bertz CT molecular complexity index is 737. The van der Waals surface area contributed by atoms with Crippen LogP contribution in [0.25, 0.3) is 0 Å². The molecule has 0 saturated carbocycles. The molecule has 0 unspecified atom stereocenters. The van der Waals surface area contributed by atoms with Gasteiger partial charge in [-0.1, -0.05) is 32.0 Å². The second kappa shape index (κ2) is 7.64. The molecule has 0 atom stereocenters. The monoisotopic (exact) mass is 326 g/mol. The van der Waals surface area contributed by atoms with Crippen LogP contribution in [0.4, 0.5) is 11.4 Å². The predicted octanol–water partition coefficient (Wildman–Crippen LogP) is 3.70. The summed E-state index contributed by atoms with van der Waals surface area (Å²) < 4.78 is 5.19. The lowest BCUT2D eigenvalue weighted by Crippen LogP contribution is -2.29. The van der Waals surface area contributed by atoms with Crippen LogP contribution in [0.15, 0.2) is 42.5 Å². The van der Waals surface area contributed by atoms with Crippen LogP contribution in [-0.2, 0) is 9.59 Å². The van der Waals surface area contributed by atoms with Crippen molar-refractivity contribution >= 4 is 23.2 Å². The van der Waals surface area contributed by atoms with Gasteiger partial charge >= 0.3 is 11.8 Å². The van der Waals surface area contributed by atoms with E-state index in [1.807, 2.05) is 25.1 Å². The summed E-state index contributed by atoms with van der Waals surface area (Å²) in [7, 11) is 1.51. The van der Waals surface area contributed by atoms with Gasteiger partial charge < -0.3 is 15.4 Å². The van der Waals surface area contributed by atoms with E-state index in [1.54, 1.807) is 24.3 Å². The van der Waals surface area contributed by atoms with Crippen molar-refractivity contribution in [3.05, 3.63) is 53.6 Å². The standard InChI is InChI=1S/C19H22N2O3/c1-12(2)14-6-8-15(9-7-14)20-18(22)19(23)21-16-11-13(3)5-10-17(16)24-4/h5-12H,1-4H3,(H,20,22)(H,21,23). The highest BCUT2D eigenvalue weighted by Crippen LogP contribution is 2.25. The minimum Gasteiger partial charge on any atom is -0.495 e. The van der Waals surface area contributed by atoms with Gasteiger partial charge in [-0.05, 0) is 48.2 Å². The Morgan fingerprint density at radius 3 is 2.17 bits per heavy atom. The number of rotatable bonds is 4. The van der Waals surface area contributed by atoms with Crippen molar-refractivity contribution in [2.45, 2.75) is 26.7 Å². The van der Waals surface area contributed by atoms with Crippen LogP contribution in [0, 0.1) is 6.92 Å². The second-order valence-electron chi connectivity index (χ2n) is 5.89. The van der Waals surface area contributed by atoms with Crippen LogP contribution >= 0.6 is 0 Å². The molecule has 5 heteroatoms. The number of hydrogen-bond donors (Lipinski definition) is 2. The minimum absolute atomic E-state index is 0.409. The zero-order chi connectivity index (χ0) is 17.7. The molecule has 0 aliphatic rings. The molecule has 0 heterocycles. The van der Waals surface area contributed by atoms with Gasteiger partial charge in [0.2, 0.25) is 0 Å². The van der Waals surface area contributed by atoms with Crippen molar-refractivity contribution in [3.63, 3.8) is 0 Å². The van der Waals surface area contributed by atoms with Crippen LogP contribution in [0.5, 0.6) is 5.75 Å². The Labute approximate surface area is 142 Å². The molecular weight excluding hydrogens is 304 g/mol. The van der Waals surface area contributed by atoms with Crippen molar-refractivity contribution in [1.82, 2.24) is 0 Å². The van der Waals surface area contributed by atoms with E-state index >= 15 is 0 Å². The molecule has 0 bridgehead atoms. The van der Waals surface area contributed by atoms with Crippen molar-refractivity contribution in [2.75, 3.05) is 17.7 Å². The quantitative estimate of drug-likeness (QED) is 0.842. The number of nitrogens with one attached hydrogen (secondary N) is 2. The van der Waals surface area contributed by atoms with Gasteiger partial charge in [-0.3, -0.25) is 9.59 Å². The van der Waals surface area contributed by atoms with Gasteiger partial charge in [0.1, 0.15) is 5.75 Å². The molecule has 0 aromatic heterocycles. The Kier molecular flexibility index (Phi) is 5.58. The Morgan fingerprint density at radius 1 is 0.958 bits per heavy atom. The molecule has 2 rings (SSSR count). The van der Waals surface area contributed by atoms with Gasteiger partial charge in [-0.25, -0.2) is 0 Å². The fourth-order valence-corrected chi connectivity index (χ4v) is 2.24. The molecular formula is C19H22N2O3. The highest BCUT2D eigenvalue weighted by molar-refractivity contribution is 6.43. The Hall–Kier alpha value is -2.82. The molecule has 24 heavy (non-hydrogen) atoms. The molecule has 0 aliphatic carbocycles. The van der Waals surface area contributed by atoms with Crippen LogP contribution in [-0.4, -0.2) is 18.9 Å². The maximum Gasteiger partial charge on any atom is 0.314 e. The van der Waals surface area contributed by atoms with E-state index in [9.17, 15) is 9.59 Å². The van der Waals surface area contributed by atoms with Crippen LogP contribution < -0.4 is 15.4 Å². The average Bonchev–Trinajstić information content (AvgIpc) is 2.55. The molecule has 0 fully saturated rings. The normalized spacial score (nSPS) is 10.4. The number of anilines is 2. The van der Waals surface area contributed by atoms with Gasteiger partial charge in [0, 0.05) is 5.69 Å². The summed E-state index contributed by atoms with van der Waals surface area (Å²) in [6.07, 6.45) is 0. The highest BCUT2D eigenvalue weighted by Gasteiger charge is 2.16. The maximum absolute atomic E-state index is 12.1. The van der Waals surface area contributed by atoms with Crippen LogP contribution in [0.3, 0.4) is 0 Å². The molecule has 5 nitrogen and oxygen atoms in total. The van der Waals surface area contributed by atoms with Gasteiger partial charge in [0.05, 0.1) is 12.8 Å². The summed E-state index contributed by atoms with van der Waals surface area (Å²) in [5, 5.41) is 5.16. The molecule has 2 aromatic rings. The number of methoxy groups -OCH3 is 1. The summed E-state index contributed by atoms with van der Waals surface area (Å²) in [5.41, 5.74) is 3.17. The summed E-state index contributed by atoms with van der Waals surface area (Å²) in [6, 6.07) is 12.8. The van der Waals surface area contributed by atoms with Gasteiger partial charge in [-0.15, -0.1) is 0 Å². The largest absolute Gasteiger partial charge is 0.495 e. The maximum atomic E-state index is 12.1. The molecule has 2 aromatic carbocycles. The molecule has 0 aliphatic heterocycles. The Morgan fingerprint density at radius 2 is 1.58 bits per heavy atom. The van der Waals surface area contributed by atoms with E-state index in [2.05, 4.69) is 24.5 Å². The van der Waals surface area contributed by atoms with Gasteiger partial charge in [-0.2, -0.15) is 0 Å². The first-order valence-electron chi connectivity index (χ1n) is 7.77. The van der Waals surface area contributed by atoms with Crippen LogP contribution in [0.1, 0.15) is 30.9 Å². The zero-order valence-electron chi connectivity index (χ0n) is 14.3. The number of amides is 2. The summed E-state index contributed by atoms with van der Waals surface area (Å²) in [6.45, 7) is 6.08. The van der Waals surface area contributed by atoms with Crippen molar-refractivity contribution < 1.29 is 14.3 Å². The third-order valence-corrected chi connectivity index (χ3v) is 3.64. The van der Waals surface area contributed by atoms with Crippen molar-refractivity contribution in [1.29, 1.82) is 0 Å². The van der Waals surface area contributed by atoms with Crippen LogP contribution in [0.2, 0.25) is 0 Å². The number of benzene rings is 2. The fraction of sp³-hybridized carbons (Fsp3) is 0.263.